The van der Waals surface area contributed by atoms with Crippen molar-refractivity contribution < 1.29 is 23.1 Å². The number of fused-ring (bicyclic) bond motifs is 1. The smallest absolute Gasteiger partial charge is 0.341 e. The zero-order chi connectivity index (χ0) is 18.7. The average Bonchev–Trinajstić information content (AvgIpc) is 2.61. The Bertz CT molecular complexity index is 838. The number of hydrogen-bond acceptors (Lipinski definition) is 3. The van der Waals surface area contributed by atoms with Crippen LogP contribution < -0.4 is 5.32 Å². The van der Waals surface area contributed by atoms with E-state index in [1.165, 1.54) is 12.5 Å². The van der Waals surface area contributed by atoms with E-state index in [-0.39, 0.29) is 6.04 Å². The molecule has 2 atom stereocenters. The molecule has 2 aromatic rings. The summed E-state index contributed by atoms with van der Waals surface area (Å²) in [5, 5.41) is 2.89. The normalized spacial score (nSPS) is 17.1. The summed E-state index contributed by atoms with van der Waals surface area (Å²) in [6.45, 7) is 1.42. The molecule has 3 rings (SSSR count). The minimum absolute atomic E-state index is 0.142. The highest BCUT2D eigenvalue weighted by Gasteiger charge is 2.26. The van der Waals surface area contributed by atoms with E-state index < -0.39 is 35.2 Å². The van der Waals surface area contributed by atoms with Crippen LogP contribution in [0.25, 0.3) is 0 Å². The average molecular weight is 359 g/mol. The predicted molar refractivity (Wildman–Crippen MR) is 91.5 cm³/mol. The van der Waals surface area contributed by atoms with E-state index in [0.29, 0.717) is 6.07 Å². The van der Waals surface area contributed by atoms with Gasteiger partial charge in [-0.2, -0.15) is 0 Å². The van der Waals surface area contributed by atoms with Crippen molar-refractivity contribution in [1.29, 1.82) is 0 Å². The third kappa shape index (κ3) is 3.90. The highest BCUT2D eigenvalue weighted by Crippen LogP contribution is 2.29. The van der Waals surface area contributed by atoms with Crippen LogP contribution in [0.1, 0.15) is 47.3 Å². The van der Waals surface area contributed by atoms with Gasteiger partial charge in [-0.15, -0.1) is 0 Å². The van der Waals surface area contributed by atoms with Crippen LogP contribution in [0.4, 0.5) is 8.78 Å². The second kappa shape index (κ2) is 7.64. The van der Waals surface area contributed by atoms with Crippen molar-refractivity contribution in [3.05, 3.63) is 70.8 Å². The van der Waals surface area contributed by atoms with Gasteiger partial charge in [-0.1, -0.05) is 24.3 Å². The number of benzene rings is 2. The molecule has 4 nitrogen and oxygen atoms in total. The molecule has 0 heterocycles. The third-order valence-electron chi connectivity index (χ3n) is 4.49. The van der Waals surface area contributed by atoms with Crippen molar-refractivity contribution in [3.8, 4) is 0 Å². The first-order chi connectivity index (χ1) is 12.5. The molecule has 1 aliphatic rings. The van der Waals surface area contributed by atoms with Crippen LogP contribution in [0.3, 0.4) is 0 Å². The Labute approximate surface area is 150 Å². The topological polar surface area (TPSA) is 55.4 Å². The van der Waals surface area contributed by atoms with Crippen LogP contribution in [-0.4, -0.2) is 18.0 Å². The SMILES string of the molecule is C[C@@H](OC(=O)c1ccc(F)cc1F)C(=O)N[C@H]1CCCc2ccccc21. The number of aryl methyl sites for hydroxylation is 1. The van der Waals surface area contributed by atoms with E-state index in [2.05, 4.69) is 5.32 Å². The second-order valence-electron chi connectivity index (χ2n) is 6.32. The summed E-state index contributed by atoms with van der Waals surface area (Å²) in [7, 11) is 0. The van der Waals surface area contributed by atoms with Crippen molar-refractivity contribution in [3.63, 3.8) is 0 Å². The van der Waals surface area contributed by atoms with Gasteiger partial charge in [-0.05, 0) is 49.4 Å². The van der Waals surface area contributed by atoms with Gasteiger partial charge in [0.15, 0.2) is 6.10 Å². The number of carbonyl (C=O) groups is 2. The Kier molecular flexibility index (Phi) is 5.30. The molecule has 1 amide bonds. The van der Waals surface area contributed by atoms with Crippen LogP contribution in [0.15, 0.2) is 42.5 Å². The lowest BCUT2D eigenvalue weighted by molar-refractivity contribution is -0.130. The number of nitrogens with one attached hydrogen (secondary N) is 1. The standard InChI is InChI=1S/C20H19F2NO3/c1-12(26-20(25)16-10-9-14(21)11-17(16)22)19(24)23-18-8-4-6-13-5-2-3-7-15(13)18/h2-3,5,7,9-12,18H,4,6,8H2,1H3,(H,23,24)/t12-,18+/m1/s1. The van der Waals surface area contributed by atoms with Crippen molar-refractivity contribution in [2.45, 2.75) is 38.3 Å². The lowest BCUT2D eigenvalue weighted by Crippen LogP contribution is -2.39. The van der Waals surface area contributed by atoms with E-state index in [0.717, 1.165) is 37.0 Å². The van der Waals surface area contributed by atoms with E-state index in [1.807, 2.05) is 24.3 Å². The van der Waals surface area contributed by atoms with Gasteiger partial charge in [0.2, 0.25) is 0 Å². The fraction of sp³-hybridized carbons (Fsp3) is 0.300. The molecule has 0 saturated carbocycles. The molecule has 0 saturated heterocycles. The van der Waals surface area contributed by atoms with Crippen LogP contribution in [0.2, 0.25) is 0 Å². The molecule has 0 aromatic heterocycles. The van der Waals surface area contributed by atoms with E-state index >= 15 is 0 Å². The van der Waals surface area contributed by atoms with Crippen LogP contribution in [-0.2, 0) is 16.0 Å². The van der Waals surface area contributed by atoms with Gasteiger partial charge in [0.25, 0.3) is 5.91 Å². The molecule has 0 spiro atoms. The number of carbonyl (C=O) groups excluding carboxylic acids is 2. The number of rotatable bonds is 4. The Morgan fingerprint density at radius 3 is 2.73 bits per heavy atom. The van der Waals surface area contributed by atoms with Crippen LogP contribution in [0.5, 0.6) is 0 Å². The maximum absolute atomic E-state index is 13.6. The fourth-order valence-electron chi connectivity index (χ4n) is 3.13. The lowest BCUT2D eigenvalue weighted by atomic mass is 9.87. The van der Waals surface area contributed by atoms with Crippen molar-refractivity contribution in [2.24, 2.45) is 0 Å². The summed E-state index contributed by atoms with van der Waals surface area (Å²) >= 11 is 0. The molecule has 0 fully saturated rings. The van der Waals surface area contributed by atoms with E-state index in [1.54, 1.807) is 0 Å². The number of amides is 1. The molecule has 0 bridgehead atoms. The summed E-state index contributed by atoms with van der Waals surface area (Å²) in [5.74, 6) is -3.28. The molecule has 26 heavy (non-hydrogen) atoms. The number of hydrogen-bond donors (Lipinski definition) is 1. The fourth-order valence-corrected chi connectivity index (χ4v) is 3.13. The van der Waals surface area contributed by atoms with Crippen LogP contribution in [0, 0.1) is 11.6 Å². The zero-order valence-electron chi connectivity index (χ0n) is 14.3. The minimum atomic E-state index is -1.10. The first-order valence-electron chi connectivity index (χ1n) is 8.50. The maximum atomic E-state index is 13.6. The molecule has 136 valence electrons. The minimum Gasteiger partial charge on any atom is -0.449 e. The van der Waals surface area contributed by atoms with Gasteiger partial charge in [0.05, 0.1) is 11.6 Å². The molecular weight excluding hydrogens is 340 g/mol. The second-order valence-corrected chi connectivity index (χ2v) is 6.32. The maximum Gasteiger partial charge on any atom is 0.341 e. The molecule has 1 N–H and O–H groups in total. The number of halogens is 2. The third-order valence-corrected chi connectivity index (χ3v) is 4.49. The summed E-state index contributed by atoms with van der Waals surface area (Å²) in [4.78, 5) is 24.4. The van der Waals surface area contributed by atoms with Crippen LogP contribution >= 0.6 is 0 Å². The highest BCUT2D eigenvalue weighted by molar-refractivity contribution is 5.92. The van der Waals surface area contributed by atoms with Gasteiger partial charge in [-0.25, -0.2) is 13.6 Å². The molecule has 1 aliphatic carbocycles. The van der Waals surface area contributed by atoms with Gasteiger partial charge in [0.1, 0.15) is 11.6 Å². The predicted octanol–water partition coefficient (Wildman–Crippen LogP) is 3.70. The first-order valence-corrected chi connectivity index (χ1v) is 8.50. The summed E-state index contributed by atoms with van der Waals surface area (Å²) in [5.41, 5.74) is 1.85. The van der Waals surface area contributed by atoms with Crippen molar-refractivity contribution >= 4 is 11.9 Å². The molecule has 2 aromatic carbocycles. The van der Waals surface area contributed by atoms with E-state index in [4.69, 9.17) is 4.74 Å². The van der Waals surface area contributed by atoms with E-state index in [9.17, 15) is 18.4 Å². The summed E-state index contributed by atoms with van der Waals surface area (Å²) in [6, 6.07) is 10.3. The molecule has 6 heteroatoms. The molecule has 0 aliphatic heterocycles. The van der Waals surface area contributed by atoms with Gasteiger partial charge in [0, 0.05) is 6.07 Å². The number of ether oxygens (including phenoxy) is 1. The zero-order valence-corrected chi connectivity index (χ0v) is 14.3. The van der Waals surface area contributed by atoms with Crippen molar-refractivity contribution in [1.82, 2.24) is 5.32 Å². The monoisotopic (exact) mass is 359 g/mol. The van der Waals surface area contributed by atoms with Gasteiger partial charge >= 0.3 is 5.97 Å². The summed E-state index contributed by atoms with van der Waals surface area (Å²) in [6.07, 6.45) is 1.63. The first kappa shape index (κ1) is 18.0. The summed E-state index contributed by atoms with van der Waals surface area (Å²) < 4.78 is 31.6. The molecule has 0 unspecified atom stereocenters. The Balaban J connectivity index is 1.64. The molecule has 0 radical (unpaired) electrons. The quantitative estimate of drug-likeness (QED) is 0.847. The Morgan fingerprint density at radius 1 is 1.19 bits per heavy atom. The highest BCUT2D eigenvalue weighted by atomic mass is 19.1. The van der Waals surface area contributed by atoms with Gasteiger partial charge in [-0.3, -0.25) is 4.79 Å². The van der Waals surface area contributed by atoms with Gasteiger partial charge < -0.3 is 10.1 Å². The number of esters is 1. The Hall–Kier alpha value is -2.76. The Morgan fingerprint density at radius 2 is 1.96 bits per heavy atom. The molecular formula is C20H19F2NO3. The largest absolute Gasteiger partial charge is 0.449 e. The van der Waals surface area contributed by atoms with Crippen molar-refractivity contribution in [2.75, 3.05) is 0 Å². The lowest BCUT2D eigenvalue weighted by Gasteiger charge is -2.27.